The number of rotatable bonds is 6. The highest BCUT2D eigenvalue weighted by atomic mass is 19.1. The molecule has 2 aromatic rings. The van der Waals surface area contributed by atoms with Gasteiger partial charge in [-0.1, -0.05) is 12.1 Å². The number of anilines is 1. The third-order valence-electron chi connectivity index (χ3n) is 4.12. The summed E-state index contributed by atoms with van der Waals surface area (Å²) in [5.74, 6) is -0.332. The minimum Gasteiger partial charge on any atom is -0.395 e. The van der Waals surface area contributed by atoms with Crippen LogP contribution in [0.2, 0.25) is 0 Å². The number of hydrogen-bond acceptors (Lipinski definition) is 3. The van der Waals surface area contributed by atoms with Crippen molar-refractivity contribution in [3.63, 3.8) is 0 Å². The lowest BCUT2D eigenvalue weighted by Crippen LogP contribution is -2.40. The van der Waals surface area contributed by atoms with E-state index >= 15 is 0 Å². The van der Waals surface area contributed by atoms with Gasteiger partial charge in [-0.3, -0.25) is 4.79 Å². The highest BCUT2D eigenvalue weighted by molar-refractivity contribution is 5.89. The van der Waals surface area contributed by atoms with Gasteiger partial charge in [0.05, 0.1) is 13.2 Å². The summed E-state index contributed by atoms with van der Waals surface area (Å²) >= 11 is 0. The summed E-state index contributed by atoms with van der Waals surface area (Å²) in [6, 6.07) is 8.89. The number of amides is 2. The lowest BCUT2D eigenvalue weighted by Gasteiger charge is -2.21. The Labute approximate surface area is 144 Å². The largest absolute Gasteiger partial charge is 0.395 e. The average Bonchev–Trinajstić information content (AvgIpc) is 3.43. The number of nitrogens with zero attached hydrogens (tertiary/aromatic N) is 2. The van der Waals surface area contributed by atoms with Crippen LogP contribution in [-0.2, 0) is 6.54 Å². The number of aromatic nitrogens is 1. The van der Waals surface area contributed by atoms with Crippen LogP contribution >= 0.6 is 0 Å². The van der Waals surface area contributed by atoms with Gasteiger partial charge in [0, 0.05) is 18.8 Å². The van der Waals surface area contributed by atoms with Gasteiger partial charge in [0.15, 0.2) is 0 Å². The Balaban J connectivity index is 1.75. The van der Waals surface area contributed by atoms with Gasteiger partial charge in [0.1, 0.15) is 11.5 Å². The monoisotopic (exact) mass is 345 g/mol. The van der Waals surface area contributed by atoms with Crippen molar-refractivity contribution in [2.45, 2.75) is 25.4 Å². The molecule has 0 spiro atoms. The molecular weight excluding hydrogens is 325 g/mol. The maximum absolute atomic E-state index is 13.0. The second kappa shape index (κ2) is 7.48. The molecule has 1 fully saturated rings. The van der Waals surface area contributed by atoms with Crippen LogP contribution in [0.25, 0.3) is 0 Å². The number of hydrogen-bond donors (Lipinski definition) is 2. The van der Waals surface area contributed by atoms with E-state index in [9.17, 15) is 14.0 Å². The van der Waals surface area contributed by atoms with Gasteiger partial charge in [-0.25, -0.2) is 9.18 Å². The molecule has 1 aliphatic carbocycles. The molecule has 0 bridgehead atoms. The van der Waals surface area contributed by atoms with Crippen molar-refractivity contribution in [1.82, 2.24) is 9.47 Å². The highest BCUT2D eigenvalue weighted by Gasteiger charge is 2.32. The number of urea groups is 1. The van der Waals surface area contributed by atoms with E-state index in [0.717, 1.165) is 18.4 Å². The number of benzene rings is 1. The van der Waals surface area contributed by atoms with Crippen molar-refractivity contribution < 1.29 is 14.3 Å². The summed E-state index contributed by atoms with van der Waals surface area (Å²) < 4.78 is 14.4. The molecule has 1 saturated carbocycles. The van der Waals surface area contributed by atoms with Crippen molar-refractivity contribution in [3.05, 3.63) is 64.3 Å². The number of aliphatic hydroxyl groups is 1. The third kappa shape index (κ3) is 4.24. The van der Waals surface area contributed by atoms with Crippen LogP contribution < -0.4 is 10.9 Å². The molecule has 1 aromatic heterocycles. The van der Waals surface area contributed by atoms with Gasteiger partial charge < -0.3 is 19.9 Å². The summed E-state index contributed by atoms with van der Waals surface area (Å²) in [7, 11) is 0. The first-order valence-corrected chi connectivity index (χ1v) is 8.21. The summed E-state index contributed by atoms with van der Waals surface area (Å²) in [6.45, 7) is 0.409. The molecule has 0 saturated heterocycles. The van der Waals surface area contributed by atoms with E-state index in [0.29, 0.717) is 0 Å². The molecule has 0 radical (unpaired) electrons. The standard InChI is InChI=1S/C18H20FN3O3/c19-14-5-3-13(4-6-14)12-21-9-1-2-16(17(21)24)20-18(25)22(10-11-23)15-7-8-15/h1-6,9,15,23H,7-8,10-12H2,(H,20,25). The first-order chi connectivity index (χ1) is 12.1. The maximum Gasteiger partial charge on any atom is 0.322 e. The molecule has 0 atom stereocenters. The zero-order valence-electron chi connectivity index (χ0n) is 13.7. The zero-order valence-corrected chi connectivity index (χ0v) is 13.7. The fourth-order valence-electron chi connectivity index (χ4n) is 2.67. The Morgan fingerprint density at radius 3 is 2.64 bits per heavy atom. The summed E-state index contributed by atoms with van der Waals surface area (Å²) in [5.41, 5.74) is 0.630. The number of carbonyl (C=O) groups is 1. The minimum absolute atomic E-state index is 0.118. The molecule has 1 aromatic carbocycles. The van der Waals surface area contributed by atoms with Gasteiger partial charge in [-0.05, 0) is 42.7 Å². The van der Waals surface area contributed by atoms with Crippen LogP contribution in [0.1, 0.15) is 18.4 Å². The van der Waals surface area contributed by atoms with E-state index in [1.807, 2.05) is 0 Å². The second-order valence-corrected chi connectivity index (χ2v) is 6.06. The third-order valence-corrected chi connectivity index (χ3v) is 4.12. The molecule has 0 unspecified atom stereocenters. The van der Waals surface area contributed by atoms with Crippen molar-refractivity contribution >= 4 is 11.7 Å². The normalized spacial score (nSPS) is 13.5. The fourth-order valence-corrected chi connectivity index (χ4v) is 2.67. The maximum atomic E-state index is 13.0. The van der Waals surface area contributed by atoms with Gasteiger partial charge in [-0.2, -0.15) is 0 Å². The number of pyridine rings is 1. The van der Waals surface area contributed by atoms with E-state index in [1.54, 1.807) is 35.4 Å². The molecule has 3 rings (SSSR count). The van der Waals surface area contributed by atoms with Crippen molar-refractivity contribution in [2.24, 2.45) is 0 Å². The molecule has 1 heterocycles. The van der Waals surface area contributed by atoms with E-state index in [2.05, 4.69) is 5.32 Å². The SMILES string of the molecule is O=C(Nc1cccn(Cc2ccc(F)cc2)c1=O)N(CCO)C1CC1. The fraction of sp³-hybridized carbons (Fsp3) is 0.333. The molecule has 2 amide bonds. The number of nitrogens with one attached hydrogen (secondary N) is 1. The molecule has 2 N–H and O–H groups in total. The number of halogens is 1. The Morgan fingerprint density at radius 1 is 1.28 bits per heavy atom. The smallest absolute Gasteiger partial charge is 0.322 e. The van der Waals surface area contributed by atoms with Crippen LogP contribution in [0, 0.1) is 5.82 Å². The predicted molar refractivity (Wildman–Crippen MR) is 92.0 cm³/mol. The Hall–Kier alpha value is -2.67. The van der Waals surface area contributed by atoms with Crippen molar-refractivity contribution in [1.29, 1.82) is 0 Å². The van der Waals surface area contributed by atoms with Gasteiger partial charge in [-0.15, -0.1) is 0 Å². The first kappa shape index (κ1) is 17.2. The topological polar surface area (TPSA) is 74.6 Å². The molecule has 25 heavy (non-hydrogen) atoms. The molecular formula is C18H20FN3O3. The predicted octanol–water partition coefficient (Wildman–Crippen LogP) is 2.02. The van der Waals surface area contributed by atoms with Gasteiger partial charge in [0.25, 0.3) is 5.56 Å². The second-order valence-electron chi connectivity index (χ2n) is 6.06. The molecule has 132 valence electrons. The van der Waals surface area contributed by atoms with Crippen molar-refractivity contribution in [3.8, 4) is 0 Å². The molecule has 1 aliphatic rings. The van der Waals surface area contributed by atoms with Crippen LogP contribution in [0.3, 0.4) is 0 Å². The number of aliphatic hydroxyl groups excluding tert-OH is 1. The van der Waals surface area contributed by atoms with Crippen LogP contribution in [0.15, 0.2) is 47.4 Å². The Bertz CT molecular complexity index is 800. The quantitative estimate of drug-likeness (QED) is 0.841. The molecule has 7 heteroatoms. The van der Waals surface area contributed by atoms with E-state index in [4.69, 9.17) is 5.11 Å². The van der Waals surface area contributed by atoms with Crippen LogP contribution in [-0.4, -0.2) is 39.8 Å². The van der Waals surface area contributed by atoms with E-state index in [-0.39, 0.29) is 48.8 Å². The zero-order chi connectivity index (χ0) is 17.8. The molecule has 0 aliphatic heterocycles. The van der Waals surface area contributed by atoms with Gasteiger partial charge in [0.2, 0.25) is 0 Å². The van der Waals surface area contributed by atoms with Crippen LogP contribution in [0.5, 0.6) is 0 Å². The first-order valence-electron chi connectivity index (χ1n) is 8.21. The van der Waals surface area contributed by atoms with Crippen molar-refractivity contribution in [2.75, 3.05) is 18.5 Å². The summed E-state index contributed by atoms with van der Waals surface area (Å²) in [6.07, 6.45) is 3.45. The lowest BCUT2D eigenvalue weighted by molar-refractivity contribution is 0.185. The Kier molecular flexibility index (Phi) is 5.14. The average molecular weight is 345 g/mol. The number of carbonyl (C=O) groups excluding carboxylic acids is 1. The van der Waals surface area contributed by atoms with E-state index < -0.39 is 0 Å². The summed E-state index contributed by atoms with van der Waals surface area (Å²) in [4.78, 5) is 26.5. The molecule has 6 nitrogen and oxygen atoms in total. The highest BCUT2D eigenvalue weighted by Crippen LogP contribution is 2.26. The Morgan fingerprint density at radius 2 is 2.00 bits per heavy atom. The lowest BCUT2D eigenvalue weighted by atomic mass is 10.2. The summed E-state index contributed by atoms with van der Waals surface area (Å²) in [5, 5.41) is 11.7. The van der Waals surface area contributed by atoms with E-state index in [1.165, 1.54) is 16.7 Å². The minimum atomic E-state index is -0.381. The van der Waals surface area contributed by atoms with Crippen LogP contribution in [0.4, 0.5) is 14.9 Å². The van der Waals surface area contributed by atoms with Gasteiger partial charge >= 0.3 is 6.03 Å².